The zero-order valence-electron chi connectivity index (χ0n) is 11.9. The third-order valence-electron chi connectivity index (χ3n) is 3.62. The minimum absolute atomic E-state index is 0.000788. The van der Waals surface area contributed by atoms with Crippen molar-refractivity contribution >= 4 is 12.0 Å². The molecule has 0 radical (unpaired) electrons. The van der Waals surface area contributed by atoms with E-state index in [0.29, 0.717) is 13.1 Å². The van der Waals surface area contributed by atoms with E-state index >= 15 is 0 Å². The molecule has 0 aromatic heterocycles. The first kappa shape index (κ1) is 15.3. The van der Waals surface area contributed by atoms with Crippen LogP contribution in [0, 0.1) is 0 Å². The smallest absolute Gasteiger partial charge is 0.317 e. The Morgan fingerprint density at radius 3 is 2.71 bits per heavy atom. The van der Waals surface area contributed by atoms with Gasteiger partial charge in [-0.2, -0.15) is 0 Å². The van der Waals surface area contributed by atoms with Gasteiger partial charge in [-0.3, -0.25) is 4.79 Å². The summed E-state index contributed by atoms with van der Waals surface area (Å²) in [5, 5.41) is 11.8. The number of hydrogen-bond donors (Lipinski definition) is 3. The van der Waals surface area contributed by atoms with Gasteiger partial charge in [0.2, 0.25) is 0 Å². The first-order valence-electron chi connectivity index (χ1n) is 7.14. The van der Waals surface area contributed by atoms with Gasteiger partial charge in [0.1, 0.15) is 0 Å². The number of carboxylic acids is 1. The summed E-state index contributed by atoms with van der Waals surface area (Å²) in [7, 11) is 0. The molecule has 114 valence electrons. The maximum absolute atomic E-state index is 12.3. The molecule has 21 heavy (non-hydrogen) atoms. The topological polar surface area (TPSA) is 95.7 Å². The van der Waals surface area contributed by atoms with Crippen LogP contribution in [-0.4, -0.2) is 41.1 Å². The van der Waals surface area contributed by atoms with Gasteiger partial charge in [-0.15, -0.1) is 0 Å². The first-order valence-corrected chi connectivity index (χ1v) is 7.14. The maximum atomic E-state index is 12.3. The number of benzene rings is 1. The Balaban J connectivity index is 2.04. The zero-order chi connectivity index (χ0) is 15.2. The molecule has 2 rings (SSSR count). The summed E-state index contributed by atoms with van der Waals surface area (Å²) in [6, 6.07) is 8.35. The van der Waals surface area contributed by atoms with Gasteiger partial charge in [0.05, 0.1) is 12.5 Å². The predicted molar refractivity (Wildman–Crippen MR) is 78.7 cm³/mol. The lowest BCUT2D eigenvalue weighted by Crippen LogP contribution is -2.50. The Hall–Kier alpha value is -2.08. The predicted octanol–water partition coefficient (Wildman–Crippen LogP) is 1.34. The van der Waals surface area contributed by atoms with Crippen molar-refractivity contribution in [1.82, 2.24) is 10.2 Å². The molecular weight excluding hydrogens is 270 g/mol. The van der Waals surface area contributed by atoms with Crippen LogP contribution < -0.4 is 11.1 Å². The summed E-state index contributed by atoms with van der Waals surface area (Å²) in [6.45, 7) is 1.18. The Kier molecular flexibility index (Phi) is 5.16. The average molecular weight is 291 g/mol. The fourth-order valence-corrected chi connectivity index (χ4v) is 2.55. The molecule has 1 aliphatic heterocycles. The Labute approximate surface area is 123 Å². The van der Waals surface area contributed by atoms with Crippen molar-refractivity contribution in [2.75, 3.05) is 13.1 Å². The lowest BCUT2D eigenvalue weighted by atomic mass is 10.0. The van der Waals surface area contributed by atoms with Gasteiger partial charge >= 0.3 is 12.0 Å². The molecule has 1 saturated heterocycles. The van der Waals surface area contributed by atoms with Gasteiger partial charge in [0.25, 0.3) is 0 Å². The van der Waals surface area contributed by atoms with Crippen molar-refractivity contribution in [1.29, 1.82) is 0 Å². The number of piperidine rings is 1. The molecular formula is C15H21N3O3. The van der Waals surface area contributed by atoms with E-state index in [-0.39, 0.29) is 18.5 Å². The quantitative estimate of drug-likeness (QED) is 0.780. The zero-order valence-corrected chi connectivity index (χ0v) is 11.9. The van der Waals surface area contributed by atoms with Crippen LogP contribution in [0.1, 0.15) is 30.9 Å². The van der Waals surface area contributed by atoms with Gasteiger partial charge < -0.3 is 21.1 Å². The minimum Gasteiger partial charge on any atom is -0.481 e. The SMILES string of the molecule is NC1CCCN(C(=O)NC(CC(=O)O)c2ccccc2)C1. The summed E-state index contributed by atoms with van der Waals surface area (Å²) in [6.07, 6.45) is 1.65. The van der Waals surface area contributed by atoms with Crippen LogP contribution in [0.4, 0.5) is 4.79 Å². The number of amides is 2. The van der Waals surface area contributed by atoms with Gasteiger partial charge in [-0.25, -0.2) is 4.79 Å². The number of hydrogen-bond acceptors (Lipinski definition) is 3. The molecule has 0 aliphatic carbocycles. The van der Waals surface area contributed by atoms with Crippen molar-refractivity contribution in [3.05, 3.63) is 35.9 Å². The molecule has 6 nitrogen and oxygen atoms in total. The van der Waals surface area contributed by atoms with Gasteiger partial charge in [0.15, 0.2) is 0 Å². The molecule has 4 N–H and O–H groups in total. The van der Waals surface area contributed by atoms with Crippen molar-refractivity contribution < 1.29 is 14.7 Å². The molecule has 2 amide bonds. The van der Waals surface area contributed by atoms with E-state index in [0.717, 1.165) is 18.4 Å². The van der Waals surface area contributed by atoms with E-state index in [1.165, 1.54) is 0 Å². The highest BCUT2D eigenvalue weighted by Crippen LogP contribution is 2.18. The van der Waals surface area contributed by atoms with E-state index in [1.807, 2.05) is 30.3 Å². The van der Waals surface area contributed by atoms with E-state index in [1.54, 1.807) is 4.90 Å². The highest BCUT2D eigenvalue weighted by molar-refractivity contribution is 5.76. The highest BCUT2D eigenvalue weighted by atomic mass is 16.4. The molecule has 6 heteroatoms. The van der Waals surface area contributed by atoms with Crippen molar-refractivity contribution in [3.8, 4) is 0 Å². The lowest BCUT2D eigenvalue weighted by Gasteiger charge is -2.32. The van der Waals surface area contributed by atoms with Gasteiger partial charge in [-0.1, -0.05) is 30.3 Å². The number of rotatable bonds is 4. The van der Waals surface area contributed by atoms with Crippen LogP contribution in [0.25, 0.3) is 0 Å². The highest BCUT2D eigenvalue weighted by Gasteiger charge is 2.24. The molecule has 2 unspecified atom stereocenters. The van der Waals surface area contributed by atoms with E-state index in [2.05, 4.69) is 5.32 Å². The van der Waals surface area contributed by atoms with E-state index in [4.69, 9.17) is 10.8 Å². The van der Waals surface area contributed by atoms with Crippen molar-refractivity contribution in [3.63, 3.8) is 0 Å². The number of aliphatic carboxylic acids is 1. The third-order valence-corrected chi connectivity index (χ3v) is 3.62. The van der Waals surface area contributed by atoms with Crippen molar-refractivity contribution in [2.45, 2.75) is 31.3 Å². The maximum Gasteiger partial charge on any atom is 0.317 e. The number of urea groups is 1. The average Bonchev–Trinajstić information content (AvgIpc) is 2.47. The fraction of sp³-hybridized carbons (Fsp3) is 0.467. The molecule has 1 heterocycles. The Bertz CT molecular complexity index is 492. The number of carbonyl (C=O) groups excluding carboxylic acids is 1. The molecule has 1 fully saturated rings. The molecule has 1 aromatic rings. The fourth-order valence-electron chi connectivity index (χ4n) is 2.55. The number of nitrogens with one attached hydrogen (secondary N) is 1. The normalized spacial score (nSPS) is 19.9. The minimum atomic E-state index is -0.945. The lowest BCUT2D eigenvalue weighted by molar-refractivity contribution is -0.137. The second-order valence-corrected chi connectivity index (χ2v) is 5.36. The summed E-state index contributed by atoms with van der Waals surface area (Å²) in [4.78, 5) is 24.9. The second kappa shape index (κ2) is 7.08. The van der Waals surface area contributed by atoms with Crippen LogP contribution in [0.2, 0.25) is 0 Å². The van der Waals surface area contributed by atoms with Crippen molar-refractivity contribution in [2.24, 2.45) is 5.73 Å². The molecule has 0 saturated carbocycles. The number of carboxylic acid groups (broad SMARTS) is 1. The first-order chi connectivity index (χ1) is 10.1. The summed E-state index contributed by atoms with van der Waals surface area (Å²) >= 11 is 0. The molecule has 1 aromatic carbocycles. The van der Waals surface area contributed by atoms with E-state index in [9.17, 15) is 9.59 Å². The van der Waals surface area contributed by atoms with Crippen LogP contribution in [-0.2, 0) is 4.79 Å². The Morgan fingerprint density at radius 2 is 2.10 bits per heavy atom. The number of nitrogens with zero attached hydrogens (tertiary/aromatic N) is 1. The van der Waals surface area contributed by atoms with Crippen LogP contribution in [0.15, 0.2) is 30.3 Å². The summed E-state index contributed by atoms with van der Waals surface area (Å²) < 4.78 is 0. The standard InChI is InChI=1S/C15H21N3O3/c16-12-7-4-8-18(10-12)15(21)17-13(9-14(19)20)11-5-2-1-3-6-11/h1-3,5-6,12-13H,4,7-10,16H2,(H,17,21)(H,19,20). The largest absolute Gasteiger partial charge is 0.481 e. The second-order valence-electron chi connectivity index (χ2n) is 5.36. The van der Waals surface area contributed by atoms with Gasteiger partial charge in [-0.05, 0) is 18.4 Å². The van der Waals surface area contributed by atoms with Crippen LogP contribution in [0.5, 0.6) is 0 Å². The summed E-state index contributed by atoms with van der Waals surface area (Å²) in [5.74, 6) is -0.945. The molecule has 1 aliphatic rings. The Morgan fingerprint density at radius 1 is 1.38 bits per heavy atom. The van der Waals surface area contributed by atoms with Crippen LogP contribution >= 0.6 is 0 Å². The molecule has 0 bridgehead atoms. The molecule has 0 spiro atoms. The van der Waals surface area contributed by atoms with E-state index < -0.39 is 12.0 Å². The number of carbonyl (C=O) groups is 2. The molecule has 2 atom stereocenters. The van der Waals surface area contributed by atoms with Crippen LogP contribution in [0.3, 0.4) is 0 Å². The number of nitrogens with two attached hydrogens (primary N) is 1. The third kappa shape index (κ3) is 4.46. The summed E-state index contributed by atoms with van der Waals surface area (Å²) in [5.41, 5.74) is 6.66. The number of likely N-dealkylation sites (tertiary alicyclic amines) is 1. The van der Waals surface area contributed by atoms with Gasteiger partial charge in [0, 0.05) is 19.1 Å². The monoisotopic (exact) mass is 291 g/mol.